The maximum atomic E-state index is 14.2. The third-order valence-electron chi connectivity index (χ3n) is 5.85. The molecule has 3 amide bonds. The number of carbonyl (C=O) groups is 3. The fourth-order valence-corrected chi connectivity index (χ4v) is 4.90. The van der Waals surface area contributed by atoms with Crippen molar-refractivity contribution in [3.63, 3.8) is 0 Å². The lowest BCUT2D eigenvalue weighted by atomic mass is 10.0. The van der Waals surface area contributed by atoms with E-state index in [1.807, 2.05) is 0 Å². The number of hydrogen-bond donors (Lipinski definition) is 3. The molecule has 1 saturated carbocycles. The van der Waals surface area contributed by atoms with Crippen LogP contribution in [0.15, 0.2) is 48.5 Å². The first-order valence-electron chi connectivity index (χ1n) is 11.0. The third kappa shape index (κ3) is 5.14. The van der Waals surface area contributed by atoms with E-state index in [1.54, 1.807) is 0 Å². The van der Waals surface area contributed by atoms with Gasteiger partial charge in [-0.1, -0.05) is 31.0 Å². The summed E-state index contributed by atoms with van der Waals surface area (Å²) in [5.74, 6) is -3.37. The fraction of sp³-hybridized carbons (Fsp3) is 0.250. The average Bonchev–Trinajstić information content (AvgIpc) is 3.47. The number of nitrogens with one attached hydrogen (secondary N) is 1. The Morgan fingerprint density at radius 1 is 1.06 bits per heavy atom. The number of primary amides is 1. The van der Waals surface area contributed by atoms with Crippen LogP contribution in [0.3, 0.4) is 0 Å². The number of benzene rings is 2. The molecule has 11 heteroatoms. The van der Waals surface area contributed by atoms with Crippen LogP contribution in [0, 0.1) is 11.6 Å². The number of carbonyl (C=O) groups excluding carboxylic acids is 3. The highest BCUT2D eigenvalue weighted by atomic mass is 32.1. The van der Waals surface area contributed by atoms with Crippen molar-refractivity contribution in [2.45, 2.75) is 37.8 Å². The molecule has 1 aromatic heterocycles. The molecule has 1 fully saturated rings. The molecule has 0 saturated heterocycles. The number of hydrogen-bond acceptors (Lipinski definition) is 6. The van der Waals surface area contributed by atoms with Crippen molar-refractivity contribution >= 4 is 40.6 Å². The highest BCUT2D eigenvalue weighted by molar-refractivity contribution is 7.09. The van der Waals surface area contributed by atoms with Crippen molar-refractivity contribution in [3.8, 4) is 0 Å². The van der Waals surface area contributed by atoms with E-state index in [9.17, 15) is 23.2 Å². The number of halogens is 2. The minimum absolute atomic E-state index is 0.0688. The van der Waals surface area contributed by atoms with Crippen LogP contribution < -0.4 is 21.7 Å². The molecule has 0 spiro atoms. The van der Waals surface area contributed by atoms with E-state index in [1.165, 1.54) is 42.5 Å². The zero-order valence-corrected chi connectivity index (χ0v) is 19.4. The number of anilines is 2. The van der Waals surface area contributed by atoms with Gasteiger partial charge >= 0.3 is 0 Å². The smallest absolute Gasteiger partial charge is 0.273 e. The molecule has 2 aromatic carbocycles. The summed E-state index contributed by atoms with van der Waals surface area (Å²) in [6.07, 6.45) is 3.51. The second-order valence-electron chi connectivity index (χ2n) is 8.24. The second kappa shape index (κ2) is 10.2. The van der Waals surface area contributed by atoms with E-state index in [2.05, 4.69) is 9.69 Å². The van der Waals surface area contributed by atoms with Crippen molar-refractivity contribution in [2.24, 2.45) is 5.73 Å². The normalized spacial score (nSPS) is 14.5. The molecule has 5 N–H and O–H groups in total. The Hall–Kier alpha value is -3.86. The summed E-state index contributed by atoms with van der Waals surface area (Å²) in [7, 11) is 0. The van der Waals surface area contributed by atoms with Crippen LogP contribution in [0.25, 0.3) is 0 Å². The van der Waals surface area contributed by atoms with Crippen LogP contribution in [0.1, 0.15) is 57.4 Å². The number of amides is 3. The molecular formula is C24H23F2N5O3S. The van der Waals surface area contributed by atoms with Crippen LogP contribution in [0.4, 0.5) is 20.2 Å². The van der Waals surface area contributed by atoms with Crippen LogP contribution in [-0.4, -0.2) is 28.1 Å². The van der Waals surface area contributed by atoms with Gasteiger partial charge in [0.2, 0.25) is 5.91 Å². The zero-order valence-electron chi connectivity index (χ0n) is 18.5. The van der Waals surface area contributed by atoms with Crippen molar-refractivity contribution in [1.82, 2.24) is 9.69 Å². The van der Waals surface area contributed by atoms with E-state index in [0.717, 1.165) is 36.6 Å². The molecule has 1 atom stereocenters. The van der Waals surface area contributed by atoms with Gasteiger partial charge in [-0.05, 0) is 60.3 Å². The van der Waals surface area contributed by atoms with Crippen molar-refractivity contribution in [1.29, 1.82) is 0 Å². The van der Waals surface area contributed by atoms with Gasteiger partial charge in [-0.15, -0.1) is 0 Å². The first kappa shape index (κ1) is 24.3. The van der Waals surface area contributed by atoms with Gasteiger partial charge in [-0.3, -0.25) is 19.3 Å². The van der Waals surface area contributed by atoms with Gasteiger partial charge in [-0.2, -0.15) is 4.37 Å². The van der Waals surface area contributed by atoms with E-state index in [0.29, 0.717) is 17.1 Å². The predicted octanol–water partition coefficient (Wildman–Crippen LogP) is 3.55. The summed E-state index contributed by atoms with van der Waals surface area (Å²) in [6.45, 7) is 0. The third-order valence-corrected chi connectivity index (χ3v) is 6.71. The van der Waals surface area contributed by atoms with Crippen LogP contribution in [0.2, 0.25) is 0 Å². The topological polar surface area (TPSA) is 131 Å². The van der Waals surface area contributed by atoms with Crippen molar-refractivity contribution in [2.75, 3.05) is 10.6 Å². The molecule has 0 bridgehead atoms. The molecule has 4 rings (SSSR count). The number of nitrogens with zero attached hydrogens (tertiary/aromatic N) is 2. The second-order valence-corrected chi connectivity index (χ2v) is 9.01. The standard InChI is InChI=1S/C24H23F2N5O3S/c25-14-10-8-13(9-11-14)20(23(33)29-16-5-1-2-6-16)31(17-7-3-4-15(26)12-17)24(34)21-18(27)19(22(28)32)30-35-21/h3-4,7-12,16,20H,1-2,5-6,27H2,(H2,28,32)(H,29,33)/t20-/m0/s1. The molecule has 1 aliphatic rings. The van der Waals surface area contributed by atoms with Gasteiger partial charge in [-0.25, -0.2) is 8.78 Å². The predicted molar refractivity (Wildman–Crippen MR) is 128 cm³/mol. The SMILES string of the molecule is NC(=O)c1nsc(C(=O)N(c2cccc(F)c2)[C@H](C(=O)NC2CCCC2)c2ccc(F)cc2)c1N. The molecule has 182 valence electrons. The summed E-state index contributed by atoms with van der Waals surface area (Å²) in [4.78, 5) is 40.0. The first-order chi connectivity index (χ1) is 16.8. The lowest BCUT2D eigenvalue weighted by molar-refractivity contribution is -0.123. The number of rotatable bonds is 7. The zero-order chi connectivity index (χ0) is 25.1. The highest BCUT2D eigenvalue weighted by Crippen LogP contribution is 2.34. The van der Waals surface area contributed by atoms with Gasteiger partial charge < -0.3 is 16.8 Å². The van der Waals surface area contributed by atoms with Gasteiger partial charge in [0.25, 0.3) is 11.8 Å². The van der Waals surface area contributed by atoms with E-state index < -0.39 is 35.4 Å². The highest BCUT2D eigenvalue weighted by Gasteiger charge is 2.37. The monoisotopic (exact) mass is 499 g/mol. The summed E-state index contributed by atoms with van der Waals surface area (Å²) in [5, 5.41) is 2.96. The molecule has 0 aliphatic heterocycles. The quantitative estimate of drug-likeness (QED) is 0.458. The Balaban J connectivity index is 1.85. The van der Waals surface area contributed by atoms with Gasteiger partial charge in [0.05, 0.1) is 5.69 Å². The Kier molecular flexibility index (Phi) is 7.06. The molecule has 3 aromatic rings. The van der Waals surface area contributed by atoms with E-state index in [4.69, 9.17) is 11.5 Å². The van der Waals surface area contributed by atoms with Gasteiger partial charge in [0.1, 0.15) is 22.6 Å². The van der Waals surface area contributed by atoms with Crippen molar-refractivity contribution < 1.29 is 23.2 Å². The van der Waals surface area contributed by atoms with Crippen LogP contribution in [0.5, 0.6) is 0 Å². The summed E-state index contributed by atoms with van der Waals surface area (Å²) >= 11 is 0.647. The molecule has 1 aliphatic carbocycles. The number of nitrogen functional groups attached to an aromatic ring is 1. The Morgan fingerprint density at radius 2 is 1.74 bits per heavy atom. The molecule has 8 nitrogen and oxygen atoms in total. The Labute approximate surface area is 204 Å². The van der Waals surface area contributed by atoms with E-state index >= 15 is 0 Å². The summed E-state index contributed by atoms with van der Waals surface area (Å²) in [5.41, 5.74) is 11.2. The summed E-state index contributed by atoms with van der Waals surface area (Å²) in [6, 6.07) is 8.91. The Bertz CT molecular complexity index is 1260. The minimum atomic E-state index is -1.29. The molecule has 0 unspecified atom stereocenters. The van der Waals surface area contributed by atoms with Crippen LogP contribution in [-0.2, 0) is 4.79 Å². The molecule has 35 heavy (non-hydrogen) atoms. The largest absolute Gasteiger partial charge is 0.395 e. The molecular weight excluding hydrogens is 476 g/mol. The number of nitrogens with two attached hydrogens (primary N) is 2. The summed E-state index contributed by atoms with van der Waals surface area (Å²) < 4.78 is 31.8. The first-order valence-corrected chi connectivity index (χ1v) is 11.7. The van der Waals surface area contributed by atoms with Gasteiger partial charge in [0, 0.05) is 11.7 Å². The molecule has 1 heterocycles. The van der Waals surface area contributed by atoms with E-state index in [-0.39, 0.29) is 28.0 Å². The Morgan fingerprint density at radius 3 is 2.34 bits per heavy atom. The fourth-order valence-electron chi connectivity index (χ4n) is 4.16. The molecule has 0 radical (unpaired) electrons. The maximum absolute atomic E-state index is 14.2. The average molecular weight is 500 g/mol. The lowest BCUT2D eigenvalue weighted by Gasteiger charge is -2.32. The maximum Gasteiger partial charge on any atom is 0.273 e. The lowest BCUT2D eigenvalue weighted by Crippen LogP contribution is -2.46. The van der Waals surface area contributed by atoms with Gasteiger partial charge in [0.15, 0.2) is 5.69 Å². The van der Waals surface area contributed by atoms with Crippen molar-refractivity contribution in [3.05, 3.63) is 76.3 Å². The number of aromatic nitrogens is 1. The minimum Gasteiger partial charge on any atom is -0.395 e. The van der Waals surface area contributed by atoms with Crippen LogP contribution >= 0.6 is 11.5 Å².